The van der Waals surface area contributed by atoms with Gasteiger partial charge >= 0.3 is 0 Å². The van der Waals surface area contributed by atoms with Crippen molar-refractivity contribution in [3.63, 3.8) is 0 Å². The fourth-order valence-electron chi connectivity index (χ4n) is 10.6. The lowest BCUT2D eigenvalue weighted by Gasteiger charge is -2.30. The second-order valence-corrected chi connectivity index (χ2v) is 21.3. The minimum absolute atomic E-state index is 0.0959. The van der Waals surface area contributed by atoms with Crippen LogP contribution in [0.2, 0.25) is 0 Å². The summed E-state index contributed by atoms with van der Waals surface area (Å²) in [5.41, 5.74) is 12.6. The molecule has 0 bridgehead atoms. The Morgan fingerprint density at radius 2 is 0.836 bits per heavy atom. The first kappa shape index (κ1) is 46.5. The fraction of sp³-hybridized carbons (Fsp3) is 0.180. The van der Waals surface area contributed by atoms with E-state index in [0.29, 0.717) is 6.42 Å². The van der Waals surface area contributed by atoms with Crippen molar-refractivity contribution in [1.82, 2.24) is 0 Å². The summed E-state index contributed by atoms with van der Waals surface area (Å²) in [6.45, 7) is 4.20. The lowest BCUT2D eigenvalue weighted by molar-refractivity contribution is 0.409. The number of ether oxygens (including phenoxy) is 2. The molecular formula is C61H52F2N6O2S2. The number of nitrogens with zero attached hydrogens (tertiary/aromatic N) is 6. The van der Waals surface area contributed by atoms with Crippen molar-refractivity contribution in [2.45, 2.75) is 53.6 Å². The number of methoxy groups -OCH3 is 2. The second-order valence-electron chi connectivity index (χ2n) is 18.8. The van der Waals surface area contributed by atoms with E-state index in [-0.39, 0.29) is 45.0 Å². The van der Waals surface area contributed by atoms with Gasteiger partial charge in [-0.25, -0.2) is 8.78 Å². The lowest BCUT2D eigenvalue weighted by Crippen LogP contribution is -2.31. The maximum Gasteiger partial charge on any atom is 0.146 e. The third-order valence-electron chi connectivity index (χ3n) is 14.2. The van der Waals surface area contributed by atoms with Crippen LogP contribution in [0.4, 0.5) is 31.5 Å². The highest BCUT2D eigenvalue weighted by Gasteiger charge is 2.53. The minimum atomic E-state index is -0.272. The summed E-state index contributed by atoms with van der Waals surface area (Å²) in [5, 5.41) is 14.5. The van der Waals surface area contributed by atoms with E-state index in [0.717, 1.165) is 79.3 Å². The van der Waals surface area contributed by atoms with Gasteiger partial charge in [-0.3, -0.25) is 10.0 Å². The number of benzene rings is 8. The predicted molar refractivity (Wildman–Crippen MR) is 295 cm³/mol. The maximum atomic E-state index is 14.5. The quantitative estimate of drug-likeness (QED) is 0.120. The predicted octanol–water partition coefficient (Wildman–Crippen LogP) is 14.6. The third-order valence-corrected chi connectivity index (χ3v) is 17.1. The van der Waals surface area contributed by atoms with Crippen LogP contribution in [0.25, 0.3) is 0 Å². The lowest BCUT2D eigenvalue weighted by atomic mass is 9.98. The number of para-hydroxylation sites is 2. The van der Waals surface area contributed by atoms with Crippen molar-refractivity contribution in [1.29, 1.82) is 0 Å². The Kier molecular flexibility index (Phi) is 12.4. The van der Waals surface area contributed by atoms with Gasteiger partial charge in [0.1, 0.15) is 45.6 Å². The van der Waals surface area contributed by atoms with Crippen molar-refractivity contribution in [2.75, 3.05) is 34.0 Å². The summed E-state index contributed by atoms with van der Waals surface area (Å²) in [5.74, 6) is 2.89. The van der Waals surface area contributed by atoms with Crippen LogP contribution in [0.3, 0.4) is 0 Å². The normalized spacial score (nSPS) is 21.0. The topological polar surface area (TPSA) is 56.1 Å². The van der Waals surface area contributed by atoms with E-state index in [2.05, 4.69) is 143 Å². The van der Waals surface area contributed by atoms with Crippen LogP contribution in [0.5, 0.6) is 11.5 Å². The van der Waals surface area contributed by atoms with Crippen LogP contribution >= 0.6 is 23.5 Å². The summed E-state index contributed by atoms with van der Waals surface area (Å²) in [4.78, 5) is 4.71. The Balaban J connectivity index is 0.924. The SMILES string of the molecule is COc1ccc(Cc2ccc(OC)c(C3SC4C(=NN(c5ccccc5)C4c4ccc(F)cc4)N3c3ccc(C)cc3)c2)cc1C1SC2C(=NN(c3ccccc3)C2c2ccc(F)cc2)N1c1ccc(C)cc1. The first-order valence-electron chi connectivity index (χ1n) is 24.5. The number of anilines is 4. The molecule has 4 aliphatic rings. The monoisotopic (exact) mass is 1000 g/mol. The van der Waals surface area contributed by atoms with E-state index >= 15 is 0 Å². The molecule has 0 spiro atoms. The van der Waals surface area contributed by atoms with Gasteiger partial charge in [-0.1, -0.05) is 108 Å². The van der Waals surface area contributed by atoms with Gasteiger partial charge in [0.2, 0.25) is 0 Å². The Hall–Kier alpha value is -7.54. The van der Waals surface area contributed by atoms with E-state index < -0.39 is 0 Å². The highest BCUT2D eigenvalue weighted by Crippen LogP contribution is 2.58. The minimum Gasteiger partial charge on any atom is -0.496 e. The molecule has 8 aromatic rings. The summed E-state index contributed by atoms with van der Waals surface area (Å²) < 4.78 is 41.4. The molecule has 8 nitrogen and oxygen atoms in total. The number of rotatable bonds is 12. The van der Waals surface area contributed by atoms with E-state index in [1.54, 1.807) is 14.2 Å². The highest BCUT2D eigenvalue weighted by molar-refractivity contribution is 8.02. The van der Waals surface area contributed by atoms with Gasteiger partial charge in [0.25, 0.3) is 0 Å². The summed E-state index contributed by atoms with van der Waals surface area (Å²) >= 11 is 3.68. The smallest absolute Gasteiger partial charge is 0.146 e. The molecule has 2 fully saturated rings. The van der Waals surface area contributed by atoms with Gasteiger partial charge in [0, 0.05) is 22.5 Å². The number of aryl methyl sites for hydroxylation is 2. The van der Waals surface area contributed by atoms with Crippen molar-refractivity contribution in [3.05, 3.63) is 250 Å². The van der Waals surface area contributed by atoms with Gasteiger partial charge in [-0.05, 0) is 140 Å². The molecule has 12 heteroatoms. The maximum absolute atomic E-state index is 14.5. The van der Waals surface area contributed by atoms with Gasteiger partial charge in [0.05, 0.1) is 48.2 Å². The summed E-state index contributed by atoms with van der Waals surface area (Å²) in [6.07, 6.45) is 0.645. The number of fused-ring (bicyclic) bond motifs is 2. The Labute approximate surface area is 433 Å². The van der Waals surface area contributed by atoms with E-state index in [9.17, 15) is 8.78 Å². The fourth-order valence-corrected chi connectivity index (χ4v) is 13.9. The Morgan fingerprint density at radius 3 is 1.21 bits per heavy atom. The number of thioether (sulfide) groups is 2. The molecule has 4 heterocycles. The molecule has 0 aromatic heterocycles. The van der Waals surface area contributed by atoms with Crippen LogP contribution in [0.15, 0.2) is 204 Å². The molecule has 8 aromatic carbocycles. The number of amidine groups is 2. The molecule has 0 amide bonds. The molecule has 0 radical (unpaired) electrons. The molecule has 2 saturated heterocycles. The molecule has 6 unspecified atom stereocenters. The molecule has 6 atom stereocenters. The van der Waals surface area contributed by atoms with Crippen LogP contribution in [0, 0.1) is 25.5 Å². The van der Waals surface area contributed by atoms with Gasteiger partial charge in [-0.15, -0.1) is 23.5 Å². The first-order chi connectivity index (χ1) is 35.7. The van der Waals surface area contributed by atoms with E-state index in [1.807, 2.05) is 84.2 Å². The molecule has 0 saturated carbocycles. The third kappa shape index (κ3) is 8.65. The van der Waals surface area contributed by atoms with Crippen LogP contribution in [-0.4, -0.2) is 36.4 Å². The number of hydrogen-bond donors (Lipinski definition) is 0. The summed E-state index contributed by atoms with van der Waals surface area (Å²) in [7, 11) is 3.47. The number of hydrogen-bond acceptors (Lipinski definition) is 10. The molecule has 0 aliphatic carbocycles. The Morgan fingerprint density at radius 1 is 0.452 bits per heavy atom. The zero-order valence-corrected chi connectivity index (χ0v) is 42.4. The van der Waals surface area contributed by atoms with Gasteiger partial charge in [-0.2, -0.15) is 10.2 Å². The largest absolute Gasteiger partial charge is 0.496 e. The van der Waals surface area contributed by atoms with Crippen LogP contribution in [-0.2, 0) is 6.42 Å². The van der Waals surface area contributed by atoms with Crippen molar-refractivity contribution < 1.29 is 18.3 Å². The molecule has 0 N–H and O–H groups in total. The van der Waals surface area contributed by atoms with Crippen LogP contribution < -0.4 is 29.3 Å². The Bertz CT molecular complexity index is 3120. The average Bonchev–Trinajstić information content (AvgIpc) is 4.19. The molecular weight excluding hydrogens is 951 g/mol. The first-order valence-corrected chi connectivity index (χ1v) is 26.3. The highest BCUT2D eigenvalue weighted by atomic mass is 32.2. The molecule has 12 rings (SSSR count). The van der Waals surface area contributed by atoms with Gasteiger partial charge in [0.15, 0.2) is 0 Å². The zero-order chi connectivity index (χ0) is 49.7. The molecule has 73 heavy (non-hydrogen) atoms. The summed E-state index contributed by atoms with van der Waals surface area (Å²) in [6, 6.07) is 64.1. The van der Waals surface area contributed by atoms with E-state index in [4.69, 9.17) is 19.7 Å². The number of halogens is 2. The average molecular weight is 1000 g/mol. The van der Waals surface area contributed by atoms with Crippen molar-refractivity contribution >= 4 is 57.9 Å². The molecule has 4 aliphatic heterocycles. The molecule has 364 valence electrons. The van der Waals surface area contributed by atoms with Gasteiger partial charge < -0.3 is 19.3 Å². The van der Waals surface area contributed by atoms with Crippen LogP contribution in [0.1, 0.15) is 67.3 Å². The second kappa shape index (κ2) is 19.5. The standard InChI is InChI=1S/C61H52F2N6O2S2/c1-38-15-29-46(30-16-38)66-58-56(54(42-21-25-44(62)26-22-42)68(64-58)48-11-7-5-8-12-48)72-60(66)50-36-40(19-33-52(50)70-3)35-41-20-34-53(71-4)51(37-41)61-67(47-31-17-39(2)18-32-47)59-57(73-61)55(43-23-27-45(63)28-24-43)69(65-59)49-13-9-6-10-14-49/h5-34,36-37,54-57,60-61H,35H2,1-4H3. The van der Waals surface area contributed by atoms with Crippen molar-refractivity contribution in [2.24, 2.45) is 10.2 Å². The number of hydrazone groups is 2. The zero-order valence-electron chi connectivity index (χ0n) is 40.7. The van der Waals surface area contributed by atoms with E-state index in [1.165, 1.54) is 35.4 Å². The van der Waals surface area contributed by atoms with Crippen molar-refractivity contribution in [3.8, 4) is 11.5 Å².